The Morgan fingerprint density at radius 3 is 2.76 bits per heavy atom. The number of aliphatic hydroxyl groups is 1. The lowest BCUT2D eigenvalue weighted by molar-refractivity contribution is -0.136. The predicted molar refractivity (Wildman–Crippen MR) is 66.3 cm³/mol. The molecule has 0 amide bonds. The summed E-state index contributed by atoms with van der Waals surface area (Å²) in [7, 11) is 1.89. The molecule has 1 aromatic heterocycles. The number of hydrogen-bond acceptors (Lipinski definition) is 5. The van der Waals surface area contributed by atoms with Gasteiger partial charge >= 0.3 is 5.97 Å². The highest BCUT2D eigenvalue weighted by Gasteiger charge is 2.14. The van der Waals surface area contributed by atoms with E-state index in [1.165, 1.54) is 0 Å². The Kier molecular flexibility index (Phi) is 5.54. The zero-order valence-electron chi connectivity index (χ0n) is 10.1. The van der Waals surface area contributed by atoms with Gasteiger partial charge in [-0.2, -0.15) is 0 Å². The number of carbonyl (C=O) groups is 1. The van der Waals surface area contributed by atoms with Crippen LogP contribution in [0.3, 0.4) is 0 Å². The van der Waals surface area contributed by atoms with Gasteiger partial charge in [-0.25, -0.2) is 4.98 Å². The maximum absolute atomic E-state index is 10.7. The Morgan fingerprint density at radius 2 is 2.24 bits per heavy atom. The van der Waals surface area contributed by atoms with Gasteiger partial charge in [-0.1, -0.05) is 6.92 Å². The molecular formula is C11H18N2O3S. The van der Waals surface area contributed by atoms with Crippen LogP contribution in [0.25, 0.3) is 0 Å². The zero-order chi connectivity index (χ0) is 12.8. The number of aliphatic hydroxyl groups excluding tert-OH is 1. The first kappa shape index (κ1) is 14.1. The second kappa shape index (κ2) is 6.68. The van der Waals surface area contributed by atoms with E-state index in [1.807, 2.05) is 18.9 Å². The number of aryl methyl sites for hydroxylation is 1. The molecule has 96 valence electrons. The first-order chi connectivity index (χ1) is 8.06. The molecule has 0 fully saturated rings. The van der Waals surface area contributed by atoms with E-state index in [4.69, 9.17) is 10.2 Å². The minimum Gasteiger partial charge on any atom is -0.481 e. The van der Waals surface area contributed by atoms with Gasteiger partial charge in [0.15, 0.2) is 0 Å². The lowest BCUT2D eigenvalue weighted by atomic mass is 10.2. The Bertz CT molecular complexity index is 379. The van der Waals surface area contributed by atoms with Crippen molar-refractivity contribution in [1.82, 2.24) is 9.88 Å². The highest BCUT2D eigenvalue weighted by atomic mass is 32.1. The van der Waals surface area contributed by atoms with E-state index < -0.39 is 5.97 Å². The fraction of sp³-hybridized carbons (Fsp3) is 0.636. The number of nitrogens with zero attached hydrogens (tertiary/aromatic N) is 2. The van der Waals surface area contributed by atoms with Crippen molar-refractivity contribution < 1.29 is 15.0 Å². The Labute approximate surface area is 105 Å². The minimum absolute atomic E-state index is 0.0290. The predicted octanol–water partition coefficient (Wildman–Crippen LogP) is 0.757. The normalized spacial score (nSPS) is 11.1. The largest absolute Gasteiger partial charge is 0.481 e. The standard InChI is InChI=1S/C11H18N2O3S/c1-3-10-12-8(6-11(15)16)9(17-10)7-13(2)4-5-14/h14H,3-7H2,1-2H3,(H,15,16). The first-order valence-corrected chi connectivity index (χ1v) is 6.37. The third-order valence-corrected chi connectivity index (χ3v) is 3.57. The summed E-state index contributed by atoms with van der Waals surface area (Å²) in [6.45, 7) is 3.32. The van der Waals surface area contributed by atoms with Crippen LogP contribution in [0.4, 0.5) is 0 Å². The molecule has 17 heavy (non-hydrogen) atoms. The Balaban J connectivity index is 2.80. The molecule has 0 unspecified atom stereocenters. The van der Waals surface area contributed by atoms with Crippen molar-refractivity contribution in [3.8, 4) is 0 Å². The summed E-state index contributed by atoms with van der Waals surface area (Å²) in [5.74, 6) is -0.857. The van der Waals surface area contributed by atoms with Crippen LogP contribution >= 0.6 is 11.3 Å². The van der Waals surface area contributed by atoms with Crippen LogP contribution in [-0.2, 0) is 24.2 Å². The number of carboxylic acid groups (broad SMARTS) is 1. The highest BCUT2D eigenvalue weighted by molar-refractivity contribution is 7.11. The maximum atomic E-state index is 10.7. The molecule has 1 rings (SSSR count). The number of rotatable bonds is 7. The average Bonchev–Trinajstić information content (AvgIpc) is 2.60. The van der Waals surface area contributed by atoms with E-state index in [9.17, 15) is 4.79 Å². The van der Waals surface area contributed by atoms with Crippen molar-refractivity contribution in [2.75, 3.05) is 20.2 Å². The zero-order valence-corrected chi connectivity index (χ0v) is 11.0. The van der Waals surface area contributed by atoms with Gasteiger partial charge in [-0.3, -0.25) is 9.69 Å². The fourth-order valence-corrected chi connectivity index (χ4v) is 2.59. The van der Waals surface area contributed by atoms with E-state index in [0.29, 0.717) is 18.8 Å². The van der Waals surface area contributed by atoms with Crippen LogP contribution in [0, 0.1) is 0 Å². The molecule has 0 aromatic carbocycles. The average molecular weight is 258 g/mol. The van der Waals surface area contributed by atoms with Crippen LogP contribution in [-0.4, -0.2) is 46.3 Å². The number of thiazole rings is 1. The Hall–Kier alpha value is -0.980. The van der Waals surface area contributed by atoms with Gasteiger partial charge in [0.2, 0.25) is 0 Å². The van der Waals surface area contributed by atoms with Crippen LogP contribution in [0.15, 0.2) is 0 Å². The monoisotopic (exact) mass is 258 g/mol. The van der Waals surface area contributed by atoms with E-state index in [2.05, 4.69) is 4.98 Å². The third kappa shape index (κ3) is 4.41. The number of carboxylic acids is 1. The van der Waals surface area contributed by atoms with Crippen LogP contribution in [0.2, 0.25) is 0 Å². The van der Waals surface area contributed by atoms with E-state index in [0.717, 1.165) is 16.3 Å². The molecule has 1 aromatic rings. The molecule has 0 aliphatic rings. The van der Waals surface area contributed by atoms with E-state index in [1.54, 1.807) is 11.3 Å². The number of aromatic nitrogens is 1. The summed E-state index contributed by atoms with van der Waals surface area (Å²) in [6, 6.07) is 0. The lowest BCUT2D eigenvalue weighted by Gasteiger charge is -2.13. The molecule has 6 heteroatoms. The molecule has 0 saturated heterocycles. The lowest BCUT2D eigenvalue weighted by Crippen LogP contribution is -2.21. The second-order valence-corrected chi connectivity index (χ2v) is 5.03. The highest BCUT2D eigenvalue weighted by Crippen LogP contribution is 2.21. The van der Waals surface area contributed by atoms with Crippen molar-refractivity contribution in [2.24, 2.45) is 0 Å². The van der Waals surface area contributed by atoms with Crippen molar-refractivity contribution in [3.63, 3.8) is 0 Å². The van der Waals surface area contributed by atoms with Crippen molar-refractivity contribution in [3.05, 3.63) is 15.6 Å². The summed E-state index contributed by atoms with van der Waals surface area (Å²) < 4.78 is 0. The second-order valence-electron chi connectivity index (χ2n) is 3.86. The number of hydrogen-bond donors (Lipinski definition) is 2. The number of aliphatic carboxylic acids is 1. The van der Waals surface area contributed by atoms with E-state index in [-0.39, 0.29) is 13.0 Å². The molecule has 0 radical (unpaired) electrons. The summed E-state index contributed by atoms with van der Waals surface area (Å²) >= 11 is 1.56. The van der Waals surface area contributed by atoms with Gasteiger partial charge in [0, 0.05) is 18.0 Å². The molecule has 0 aliphatic heterocycles. The molecule has 0 saturated carbocycles. The topological polar surface area (TPSA) is 73.7 Å². The van der Waals surface area contributed by atoms with Crippen molar-refractivity contribution >= 4 is 17.3 Å². The molecular weight excluding hydrogens is 240 g/mol. The molecule has 0 aliphatic carbocycles. The molecule has 1 heterocycles. The van der Waals surface area contributed by atoms with Gasteiger partial charge < -0.3 is 10.2 Å². The van der Waals surface area contributed by atoms with Gasteiger partial charge in [0.1, 0.15) is 0 Å². The molecule has 2 N–H and O–H groups in total. The quantitative estimate of drug-likeness (QED) is 0.755. The van der Waals surface area contributed by atoms with Gasteiger partial charge in [-0.15, -0.1) is 11.3 Å². The maximum Gasteiger partial charge on any atom is 0.309 e. The Morgan fingerprint density at radius 1 is 1.53 bits per heavy atom. The molecule has 0 bridgehead atoms. The summed E-state index contributed by atoms with van der Waals surface area (Å²) in [5, 5.41) is 18.6. The van der Waals surface area contributed by atoms with Crippen LogP contribution in [0.1, 0.15) is 22.5 Å². The van der Waals surface area contributed by atoms with Crippen molar-refractivity contribution in [2.45, 2.75) is 26.3 Å². The minimum atomic E-state index is -0.857. The third-order valence-electron chi connectivity index (χ3n) is 2.34. The first-order valence-electron chi connectivity index (χ1n) is 5.55. The van der Waals surface area contributed by atoms with Gasteiger partial charge in [0.25, 0.3) is 0 Å². The smallest absolute Gasteiger partial charge is 0.309 e. The summed E-state index contributed by atoms with van der Waals surface area (Å²) in [6.07, 6.45) is 0.791. The van der Waals surface area contributed by atoms with Crippen molar-refractivity contribution in [1.29, 1.82) is 0 Å². The van der Waals surface area contributed by atoms with E-state index >= 15 is 0 Å². The van der Waals surface area contributed by atoms with Crippen LogP contribution in [0.5, 0.6) is 0 Å². The van der Waals surface area contributed by atoms with Gasteiger partial charge in [0.05, 0.1) is 23.7 Å². The number of likely N-dealkylation sites (N-methyl/N-ethyl adjacent to an activating group) is 1. The fourth-order valence-electron chi connectivity index (χ4n) is 1.49. The van der Waals surface area contributed by atoms with Gasteiger partial charge in [-0.05, 0) is 13.5 Å². The van der Waals surface area contributed by atoms with Crippen LogP contribution < -0.4 is 0 Å². The molecule has 5 nitrogen and oxygen atoms in total. The summed E-state index contributed by atoms with van der Waals surface area (Å²) in [5.41, 5.74) is 0.657. The SMILES string of the molecule is CCc1nc(CC(=O)O)c(CN(C)CCO)s1. The molecule has 0 spiro atoms. The summed E-state index contributed by atoms with van der Waals surface area (Å²) in [4.78, 5) is 18.0. The molecule has 0 atom stereocenters.